The summed E-state index contributed by atoms with van der Waals surface area (Å²) in [4.78, 5) is 0. The van der Waals surface area contributed by atoms with E-state index in [1.165, 1.54) is 214 Å². The Morgan fingerprint density at radius 3 is 0.521 bits per heavy atom. The zero-order valence-corrected chi connectivity index (χ0v) is 67.7. The van der Waals surface area contributed by atoms with E-state index < -0.39 is 0 Å². The van der Waals surface area contributed by atoms with Gasteiger partial charge in [0.15, 0.2) is 0 Å². The standard InChI is InChI=1S/C95H160O/c1-77(2)39-21-40-78(3)41-22-42-79(4)43-23-44-80(5)45-24-46-81(6)47-25-48-82(7)49-26-50-83(8)51-27-52-84(9)53-28-54-85(10)55-29-56-86(11)57-30-58-87(12)59-31-60-88(13)61-32-62-89(14)63-33-64-90(15)65-34-66-91(16)67-35-68-92(17)69-36-70-93(18)71-37-72-94(19)73-38-74-95(20)75-76-96/h43,45,47,49,51,53,55,57,59,61,63,65,67,69,71,73,77-78,95-96H,21-42,44,46,48,50,52,54,56,58,60,62,64,66,68,70,72,74-76H2,1-20H3/b79-43+,80-45+,81-47+,82-49+,83-51+,84-53+,85-55+,86-57+,87-59+,88-61+,89-63+,90-65+,91-67+,92-69+,93-71+,94-73+/t78-,95-/m0/s1. The average molecular weight is 1320 g/mol. The van der Waals surface area contributed by atoms with Gasteiger partial charge in [-0.25, -0.2) is 0 Å². The zero-order valence-electron chi connectivity index (χ0n) is 67.7. The van der Waals surface area contributed by atoms with Crippen molar-refractivity contribution < 1.29 is 5.11 Å². The Balaban J connectivity index is 4.33. The fourth-order valence-corrected chi connectivity index (χ4v) is 12.6. The molecule has 0 aromatic rings. The van der Waals surface area contributed by atoms with Gasteiger partial charge < -0.3 is 5.11 Å². The Morgan fingerprint density at radius 1 is 0.188 bits per heavy atom. The van der Waals surface area contributed by atoms with Gasteiger partial charge in [-0.3, -0.25) is 0 Å². The maximum atomic E-state index is 9.11. The molecule has 0 saturated heterocycles. The molecule has 1 nitrogen and oxygen atoms in total. The fraction of sp³-hybridized carbons (Fsp3) is 0.663. The molecule has 0 aliphatic carbocycles. The quantitative estimate of drug-likeness (QED) is 0.0602. The lowest BCUT2D eigenvalue weighted by molar-refractivity contribution is 0.259. The lowest BCUT2D eigenvalue weighted by Gasteiger charge is -2.12. The van der Waals surface area contributed by atoms with E-state index in [1.807, 2.05) is 0 Å². The summed E-state index contributed by atoms with van der Waals surface area (Å²) in [6, 6.07) is 0. The first-order valence-corrected chi connectivity index (χ1v) is 40.0. The monoisotopic (exact) mass is 1320 g/mol. The van der Waals surface area contributed by atoms with E-state index in [4.69, 9.17) is 5.11 Å². The summed E-state index contributed by atoms with van der Waals surface area (Å²) >= 11 is 0. The topological polar surface area (TPSA) is 20.2 Å². The van der Waals surface area contributed by atoms with E-state index in [1.54, 1.807) is 16.7 Å². The average Bonchev–Trinajstić information content (AvgIpc) is 3.56. The second-order valence-corrected chi connectivity index (χ2v) is 31.4. The van der Waals surface area contributed by atoms with Gasteiger partial charge in [0, 0.05) is 6.61 Å². The summed E-state index contributed by atoms with van der Waals surface area (Å²) < 4.78 is 0. The van der Waals surface area contributed by atoms with Crippen molar-refractivity contribution in [3.05, 3.63) is 186 Å². The van der Waals surface area contributed by atoms with Gasteiger partial charge in [0.05, 0.1) is 0 Å². The molecule has 96 heavy (non-hydrogen) atoms. The number of aliphatic hydroxyl groups is 1. The Bertz CT molecular complexity index is 2550. The van der Waals surface area contributed by atoms with Crippen molar-refractivity contribution in [3.63, 3.8) is 0 Å². The van der Waals surface area contributed by atoms with Crippen LogP contribution in [0, 0.1) is 17.8 Å². The van der Waals surface area contributed by atoms with Gasteiger partial charge in [-0.05, 0) is 353 Å². The predicted octanol–water partition coefficient (Wildman–Crippen LogP) is 32.3. The molecule has 546 valence electrons. The molecular formula is C95H160O. The van der Waals surface area contributed by atoms with E-state index in [9.17, 15) is 0 Å². The number of hydrogen-bond donors (Lipinski definition) is 1. The lowest BCUT2D eigenvalue weighted by Crippen LogP contribution is -1.97. The maximum absolute atomic E-state index is 9.11. The van der Waals surface area contributed by atoms with Crippen molar-refractivity contribution in [2.24, 2.45) is 17.8 Å². The molecule has 0 aliphatic rings. The Labute approximate surface area is 601 Å². The second-order valence-electron chi connectivity index (χ2n) is 31.4. The van der Waals surface area contributed by atoms with Crippen LogP contribution in [0.2, 0.25) is 0 Å². The molecule has 0 aliphatic heterocycles. The molecule has 2 atom stereocenters. The molecule has 0 heterocycles. The van der Waals surface area contributed by atoms with Crippen LogP contribution in [0.5, 0.6) is 0 Å². The van der Waals surface area contributed by atoms with Gasteiger partial charge in [0.2, 0.25) is 0 Å². The number of aliphatic hydroxyl groups excluding tert-OH is 1. The van der Waals surface area contributed by atoms with Crippen LogP contribution < -0.4 is 0 Å². The van der Waals surface area contributed by atoms with Gasteiger partial charge in [-0.15, -0.1) is 0 Å². The van der Waals surface area contributed by atoms with Crippen LogP contribution in [0.1, 0.15) is 389 Å². The highest BCUT2D eigenvalue weighted by Gasteiger charge is 2.06. The van der Waals surface area contributed by atoms with Gasteiger partial charge in [-0.2, -0.15) is 0 Å². The minimum absolute atomic E-state index is 0.309. The smallest absolute Gasteiger partial charge is 0.0433 e. The van der Waals surface area contributed by atoms with E-state index in [-0.39, 0.29) is 0 Å². The van der Waals surface area contributed by atoms with Crippen LogP contribution >= 0.6 is 0 Å². The second kappa shape index (κ2) is 61.9. The molecule has 0 rings (SSSR count). The minimum Gasteiger partial charge on any atom is -0.396 e. The minimum atomic E-state index is 0.309. The fourth-order valence-electron chi connectivity index (χ4n) is 12.6. The zero-order chi connectivity index (χ0) is 71.6. The van der Waals surface area contributed by atoms with E-state index >= 15 is 0 Å². The Hall–Kier alpha value is -4.20. The Morgan fingerprint density at radius 2 is 0.344 bits per heavy atom. The molecule has 0 amide bonds. The van der Waals surface area contributed by atoms with E-state index in [2.05, 4.69) is 236 Å². The molecule has 0 radical (unpaired) electrons. The number of allylic oxidation sites excluding steroid dienone is 32. The van der Waals surface area contributed by atoms with Crippen LogP contribution in [-0.4, -0.2) is 11.7 Å². The Kier molecular flexibility index (Phi) is 59.1. The molecule has 0 bridgehead atoms. The summed E-state index contributed by atoms with van der Waals surface area (Å²) in [5, 5.41) is 9.11. The first-order chi connectivity index (χ1) is 45.9. The summed E-state index contributed by atoms with van der Waals surface area (Å²) in [5.41, 5.74) is 24.5. The molecule has 1 N–H and O–H groups in total. The molecule has 1 heteroatoms. The lowest BCUT2D eigenvalue weighted by atomic mass is 9.94. The summed E-state index contributed by atoms with van der Waals surface area (Å²) in [7, 11) is 0. The van der Waals surface area contributed by atoms with Crippen molar-refractivity contribution in [1.82, 2.24) is 0 Å². The highest BCUT2D eigenvalue weighted by molar-refractivity contribution is 5.14. The van der Waals surface area contributed by atoms with Crippen molar-refractivity contribution in [3.8, 4) is 0 Å². The first kappa shape index (κ1) is 91.8. The normalized spacial score (nSPS) is 15.7. The molecule has 0 aromatic heterocycles. The first-order valence-electron chi connectivity index (χ1n) is 40.0. The van der Waals surface area contributed by atoms with Gasteiger partial charge in [-0.1, -0.05) is 240 Å². The molecule has 0 spiro atoms. The van der Waals surface area contributed by atoms with Crippen molar-refractivity contribution in [1.29, 1.82) is 0 Å². The third-order valence-electron chi connectivity index (χ3n) is 20.0. The van der Waals surface area contributed by atoms with Crippen molar-refractivity contribution >= 4 is 0 Å². The van der Waals surface area contributed by atoms with Gasteiger partial charge in [0.25, 0.3) is 0 Å². The highest BCUT2D eigenvalue weighted by Crippen LogP contribution is 2.24. The van der Waals surface area contributed by atoms with Crippen molar-refractivity contribution in [2.45, 2.75) is 389 Å². The third-order valence-corrected chi connectivity index (χ3v) is 20.0. The predicted molar refractivity (Wildman–Crippen MR) is 440 cm³/mol. The summed E-state index contributed by atoms with van der Waals surface area (Å²) in [6.07, 6.45) is 85.9. The number of rotatable bonds is 58. The maximum Gasteiger partial charge on any atom is 0.0433 e. The third kappa shape index (κ3) is 62.1. The molecule has 0 aromatic carbocycles. The van der Waals surface area contributed by atoms with Crippen LogP contribution in [0.25, 0.3) is 0 Å². The van der Waals surface area contributed by atoms with Crippen LogP contribution in [0.4, 0.5) is 0 Å². The molecular weight excluding hydrogens is 1160 g/mol. The molecule has 0 unspecified atom stereocenters. The van der Waals surface area contributed by atoms with E-state index in [0.29, 0.717) is 12.5 Å². The largest absolute Gasteiger partial charge is 0.396 e. The van der Waals surface area contributed by atoms with Crippen LogP contribution in [0.15, 0.2) is 186 Å². The van der Waals surface area contributed by atoms with Crippen LogP contribution in [0.3, 0.4) is 0 Å². The van der Waals surface area contributed by atoms with Crippen molar-refractivity contribution in [2.75, 3.05) is 6.61 Å². The van der Waals surface area contributed by atoms with E-state index in [0.717, 1.165) is 121 Å². The molecule has 0 fully saturated rings. The van der Waals surface area contributed by atoms with Gasteiger partial charge in [0.1, 0.15) is 0 Å². The summed E-state index contributed by atoms with van der Waals surface area (Å²) in [6.45, 7) is 46.8. The molecule has 0 saturated carbocycles. The SMILES string of the molecule is C/C(=C\CC/C(C)=C/CC/C(C)=C/CC/C(C)=C/CC/C(C)=C/CC/C(C)=C/CC/C(C)=C/CC/C(C)=C/CC[C@H](C)CCO)CC/C=C(\C)CC/C=C(\C)CC/C=C(\C)CC/C=C(\C)CC/C=C(\C)CC/C=C(\C)CC/C=C(\C)CC/C=C(\C)CCC[C@@H](C)CCCC(C)C. The highest BCUT2D eigenvalue weighted by atomic mass is 16.3. The number of hydrogen-bond acceptors (Lipinski definition) is 1. The van der Waals surface area contributed by atoms with Gasteiger partial charge >= 0.3 is 0 Å². The van der Waals surface area contributed by atoms with Crippen LogP contribution in [-0.2, 0) is 0 Å². The summed E-state index contributed by atoms with van der Waals surface area (Å²) in [5.74, 6) is 2.33.